The second-order valence-electron chi connectivity index (χ2n) is 5.68. The maximum Gasteiger partial charge on any atom is 0.254 e. The number of aromatic nitrogens is 2. The standard InChI is InChI=1S/C19H15BrFN3O2/c1-11-17(14(20)8-9-22-11)19(26)23-10-12-2-4-13(5-3-12)18-15(21)6-7-16(25)24-18/h2-9H,10H2,1H3,(H,23,26)(H,24,25). The molecule has 3 rings (SSSR count). The summed E-state index contributed by atoms with van der Waals surface area (Å²) in [6.07, 6.45) is 1.63. The number of hydrogen-bond acceptors (Lipinski definition) is 3. The molecular formula is C19H15BrFN3O2. The minimum atomic E-state index is -0.498. The number of carbonyl (C=O) groups excluding carboxylic acids is 1. The Morgan fingerprint density at radius 1 is 1.19 bits per heavy atom. The van der Waals surface area contributed by atoms with E-state index in [1.807, 2.05) is 0 Å². The Labute approximate surface area is 157 Å². The first-order chi connectivity index (χ1) is 12.5. The number of aryl methyl sites for hydroxylation is 1. The third-order valence-electron chi connectivity index (χ3n) is 3.88. The van der Waals surface area contributed by atoms with Crippen LogP contribution >= 0.6 is 15.9 Å². The van der Waals surface area contributed by atoms with Gasteiger partial charge in [0.2, 0.25) is 5.56 Å². The molecule has 0 bridgehead atoms. The van der Waals surface area contributed by atoms with Crippen LogP contribution in [-0.2, 0) is 6.54 Å². The lowest BCUT2D eigenvalue weighted by atomic mass is 10.1. The molecule has 0 saturated carbocycles. The van der Waals surface area contributed by atoms with E-state index in [2.05, 4.69) is 31.2 Å². The van der Waals surface area contributed by atoms with Gasteiger partial charge in [-0.25, -0.2) is 4.39 Å². The summed E-state index contributed by atoms with van der Waals surface area (Å²) < 4.78 is 14.5. The molecule has 2 heterocycles. The maximum atomic E-state index is 13.8. The van der Waals surface area contributed by atoms with Crippen molar-refractivity contribution in [2.24, 2.45) is 0 Å². The molecule has 0 aliphatic rings. The minimum Gasteiger partial charge on any atom is -0.348 e. The Morgan fingerprint density at radius 3 is 2.62 bits per heavy atom. The van der Waals surface area contributed by atoms with Crippen LogP contribution in [0.5, 0.6) is 0 Å². The summed E-state index contributed by atoms with van der Waals surface area (Å²) in [5, 5.41) is 2.84. The van der Waals surface area contributed by atoms with E-state index in [4.69, 9.17) is 0 Å². The zero-order chi connectivity index (χ0) is 18.7. The van der Waals surface area contributed by atoms with Gasteiger partial charge in [0.15, 0.2) is 0 Å². The normalized spacial score (nSPS) is 10.6. The topological polar surface area (TPSA) is 74.8 Å². The molecule has 0 saturated heterocycles. The fourth-order valence-electron chi connectivity index (χ4n) is 2.53. The molecule has 2 aromatic heterocycles. The van der Waals surface area contributed by atoms with Crippen LogP contribution in [0.4, 0.5) is 4.39 Å². The molecule has 5 nitrogen and oxygen atoms in total. The number of aromatic amines is 1. The minimum absolute atomic E-state index is 0.142. The van der Waals surface area contributed by atoms with Gasteiger partial charge >= 0.3 is 0 Å². The molecule has 0 unspecified atom stereocenters. The molecule has 26 heavy (non-hydrogen) atoms. The van der Waals surface area contributed by atoms with Gasteiger partial charge < -0.3 is 10.3 Å². The molecule has 0 aliphatic carbocycles. The number of rotatable bonds is 4. The summed E-state index contributed by atoms with van der Waals surface area (Å²) in [7, 11) is 0. The van der Waals surface area contributed by atoms with E-state index >= 15 is 0 Å². The van der Waals surface area contributed by atoms with Crippen molar-refractivity contribution in [2.75, 3.05) is 0 Å². The number of hydrogen-bond donors (Lipinski definition) is 2. The number of pyridine rings is 2. The smallest absolute Gasteiger partial charge is 0.254 e. The second kappa shape index (κ2) is 7.61. The third-order valence-corrected chi connectivity index (χ3v) is 4.54. The molecule has 132 valence electrons. The molecule has 3 aromatic rings. The molecule has 1 aromatic carbocycles. The Kier molecular flexibility index (Phi) is 5.27. The van der Waals surface area contributed by atoms with E-state index in [0.29, 0.717) is 27.8 Å². The van der Waals surface area contributed by atoms with Gasteiger partial charge in [0, 0.05) is 28.8 Å². The number of halogens is 2. The molecule has 2 N–H and O–H groups in total. The number of benzene rings is 1. The van der Waals surface area contributed by atoms with Gasteiger partial charge in [-0.15, -0.1) is 0 Å². The van der Waals surface area contributed by atoms with Crippen LogP contribution < -0.4 is 10.9 Å². The number of nitrogens with zero attached hydrogens (tertiary/aromatic N) is 1. The van der Waals surface area contributed by atoms with Crippen molar-refractivity contribution in [3.05, 3.63) is 86.1 Å². The van der Waals surface area contributed by atoms with Gasteiger partial charge in [0.25, 0.3) is 5.91 Å². The molecule has 7 heteroatoms. The van der Waals surface area contributed by atoms with E-state index in [-0.39, 0.29) is 17.2 Å². The second-order valence-corrected chi connectivity index (χ2v) is 6.53. The molecule has 1 amide bonds. The summed E-state index contributed by atoms with van der Waals surface area (Å²) in [5.74, 6) is -0.729. The van der Waals surface area contributed by atoms with Gasteiger partial charge in [0.1, 0.15) is 5.82 Å². The molecule has 0 spiro atoms. The van der Waals surface area contributed by atoms with Crippen LogP contribution in [0.25, 0.3) is 11.3 Å². The molecule has 0 radical (unpaired) electrons. The van der Waals surface area contributed by atoms with Gasteiger partial charge in [-0.3, -0.25) is 14.6 Å². The fourth-order valence-corrected chi connectivity index (χ4v) is 3.12. The lowest BCUT2D eigenvalue weighted by molar-refractivity contribution is 0.0949. The fraction of sp³-hybridized carbons (Fsp3) is 0.105. The Balaban J connectivity index is 1.73. The van der Waals surface area contributed by atoms with Gasteiger partial charge in [-0.05, 0) is 40.5 Å². The predicted molar refractivity (Wildman–Crippen MR) is 100 cm³/mol. The summed E-state index contributed by atoms with van der Waals surface area (Å²) in [4.78, 5) is 30.3. The Bertz CT molecular complexity index is 996. The van der Waals surface area contributed by atoms with Crippen LogP contribution in [-0.4, -0.2) is 15.9 Å². The first-order valence-corrected chi connectivity index (χ1v) is 8.62. The Morgan fingerprint density at radius 2 is 1.92 bits per heavy atom. The highest BCUT2D eigenvalue weighted by atomic mass is 79.9. The molecule has 0 aliphatic heterocycles. The quantitative estimate of drug-likeness (QED) is 0.683. The first-order valence-electron chi connectivity index (χ1n) is 7.83. The van der Waals surface area contributed by atoms with E-state index in [1.54, 1.807) is 43.5 Å². The lowest BCUT2D eigenvalue weighted by Crippen LogP contribution is -2.24. The zero-order valence-electron chi connectivity index (χ0n) is 13.8. The van der Waals surface area contributed by atoms with Crippen LogP contribution in [0.3, 0.4) is 0 Å². The van der Waals surface area contributed by atoms with Crippen molar-refractivity contribution in [1.82, 2.24) is 15.3 Å². The lowest BCUT2D eigenvalue weighted by Gasteiger charge is -2.10. The van der Waals surface area contributed by atoms with Gasteiger partial charge in [-0.1, -0.05) is 24.3 Å². The number of carbonyl (C=O) groups is 1. The molecule has 0 fully saturated rings. The van der Waals surface area contributed by atoms with E-state index in [0.717, 1.165) is 17.7 Å². The maximum absolute atomic E-state index is 13.8. The van der Waals surface area contributed by atoms with Crippen LogP contribution in [0, 0.1) is 12.7 Å². The van der Waals surface area contributed by atoms with Crippen molar-refractivity contribution in [3.8, 4) is 11.3 Å². The van der Waals surface area contributed by atoms with Crippen molar-refractivity contribution in [3.63, 3.8) is 0 Å². The third kappa shape index (κ3) is 3.88. The number of H-pyrrole nitrogens is 1. The highest BCUT2D eigenvalue weighted by molar-refractivity contribution is 9.10. The highest BCUT2D eigenvalue weighted by Crippen LogP contribution is 2.20. The average molecular weight is 416 g/mol. The summed E-state index contributed by atoms with van der Waals surface area (Å²) >= 11 is 3.36. The number of amides is 1. The van der Waals surface area contributed by atoms with E-state index in [9.17, 15) is 14.0 Å². The highest BCUT2D eigenvalue weighted by Gasteiger charge is 2.13. The predicted octanol–water partition coefficient (Wildman–Crippen LogP) is 3.58. The van der Waals surface area contributed by atoms with Crippen molar-refractivity contribution < 1.29 is 9.18 Å². The summed E-state index contributed by atoms with van der Waals surface area (Å²) in [5.41, 5.74) is 2.31. The summed E-state index contributed by atoms with van der Waals surface area (Å²) in [6.45, 7) is 2.08. The average Bonchev–Trinajstić information content (AvgIpc) is 2.62. The van der Waals surface area contributed by atoms with Gasteiger partial charge in [-0.2, -0.15) is 0 Å². The van der Waals surface area contributed by atoms with Crippen molar-refractivity contribution in [1.29, 1.82) is 0 Å². The monoisotopic (exact) mass is 415 g/mol. The Hall–Kier alpha value is -2.80. The largest absolute Gasteiger partial charge is 0.348 e. The van der Waals surface area contributed by atoms with Crippen molar-refractivity contribution in [2.45, 2.75) is 13.5 Å². The number of nitrogens with one attached hydrogen (secondary N) is 2. The summed E-state index contributed by atoms with van der Waals surface area (Å²) in [6, 6.07) is 10.9. The molecular weight excluding hydrogens is 401 g/mol. The zero-order valence-corrected chi connectivity index (χ0v) is 15.4. The first kappa shape index (κ1) is 18.0. The van der Waals surface area contributed by atoms with E-state index in [1.165, 1.54) is 0 Å². The van der Waals surface area contributed by atoms with Crippen molar-refractivity contribution >= 4 is 21.8 Å². The van der Waals surface area contributed by atoms with Crippen LogP contribution in [0.2, 0.25) is 0 Å². The molecule has 0 atom stereocenters. The van der Waals surface area contributed by atoms with Crippen LogP contribution in [0.15, 0.2) is 57.9 Å². The van der Waals surface area contributed by atoms with Crippen LogP contribution in [0.1, 0.15) is 21.6 Å². The van der Waals surface area contributed by atoms with E-state index < -0.39 is 5.82 Å². The SMILES string of the molecule is Cc1nccc(Br)c1C(=O)NCc1ccc(-c2[nH]c(=O)ccc2F)cc1. The van der Waals surface area contributed by atoms with Gasteiger partial charge in [0.05, 0.1) is 17.0 Å².